The number of H-pyrrole nitrogens is 1. The van der Waals surface area contributed by atoms with Crippen molar-refractivity contribution in [3.63, 3.8) is 0 Å². The topological polar surface area (TPSA) is 114 Å². The van der Waals surface area contributed by atoms with E-state index in [2.05, 4.69) is 9.87 Å². The standard InChI is InChI=1S/C11H16N2O6/c1-6-7(2)11(5-14,19-17)18-9(6)13-4-3-8(15)12-10(13)16/h3-4,6-7,9,14,17H,5H2,1-2H3,(H,12,15,16)/t6-,7+,9-,11+/m1/s1. The van der Waals surface area contributed by atoms with Crippen LogP contribution in [0.4, 0.5) is 0 Å². The molecule has 2 heterocycles. The largest absolute Gasteiger partial charge is 0.391 e. The number of aromatic amines is 1. The lowest BCUT2D eigenvalue weighted by molar-refractivity contribution is -0.418. The van der Waals surface area contributed by atoms with Crippen LogP contribution in [0.2, 0.25) is 0 Å². The van der Waals surface area contributed by atoms with Crippen molar-refractivity contribution < 1.29 is 20.0 Å². The summed E-state index contributed by atoms with van der Waals surface area (Å²) in [6.45, 7) is 2.97. The number of ether oxygens (including phenoxy) is 1. The number of aliphatic hydroxyl groups excluding tert-OH is 1. The minimum Gasteiger partial charge on any atom is -0.391 e. The first-order valence-electron chi connectivity index (χ1n) is 5.88. The second-order valence-corrected chi connectivity index (χ2v) is 4.73. The van der Waals surface area contributed by atoms with Crippen LogP contribution in [0.25, 0.3) is 0 Å². The van der Waals surface area contributed by atoms with Gasteiger partial charge in [0.1, 0.15) is 12.8 Å². The van der Waals surface area contributed by atoms with Gasteiger partial charge >= 0.3 is 5.69 Å². The van der Waals surface area contributed by atoms with Crippen molar-refractivity contribution in [1.82, 2.24) is 9.55 Å². The summed E-state index contributed by atoms with van der Waals surface area (Å²) in [5.41, 5.74) is -1.13. The van der Waals surface area contributed by atoms with Gasteiger partial charge in [-0.3, -0.25) is 14.3 Å². The van der Waals surface area contributed by atoms with Gasteiger partial charge in [-0.25, -0.2) is 14.9 Å². The fourth-order valence-corrected chi connectivity index (χ4v) is 2.32. The van der Waals surface area contributed by atoms with Crippen LogP contribution in [0.15, 0.2) is 21.9 Å². The zero-order chi connectivity index (χ0) is 14.2. The highest BCUT2D eigenvalue weighted by Crippen LogP contribution is 2.45. The smallest absolute Gasteiger partial charge is 0.330 e. The molecule has 4 atom stereocenters. The monoisotopic (exact) mass is 272 g/mol. The lowest BCUT2D eigenvalue weighted by Crippen LogP contribution is -2.41. The third kappa shape index (κ3) is 2.12. The van der Waals surface area contributed by atoms with Crippen molar-refractivity contribution >= 4 is 0 Å². The first-order chi connectivity index (χ1) is 8.95. The van der Waals surface area contributed by atoms with Crippen molar-refractivity contribution in [2.45, 2.75) is 25.9 Å². The Balaban J connectivity index is 2.42. The molecule has 0 bridgehead atoms. The molecule has 19 heavy (non-hydrogen) atoms. The second kappa shape index (κ2) is 4.89. The van der Waals surface area contributed by atoms with Crippen LogP contribution in [-0.2, 0) is 9.62 Å². The summed E-state index contributed by atoms with van der Waals surface area (Å²) < 4.78 is 6.69. The molecule has 0 unspecified atom stereocenters. The van der Waals surface area contributed by atoms with E-state index in [0.717, 1.165) is 0 Å². The molecule has 0 spiro atoms. The number of nitrogens with zero attached hydrogens (tertiary/aromatic N) is 1. The molecule has 0 saturated carbocycles. The Morgan fingerprint density at radius 2 is 2.21 bits per heavy atom. The van der Waals surface area contributed by atoms with E-state index in [1.165, 1.54) is 16.8 Å². The van der Waals surface area contributed by atoms with Gasteiger partial charge in [-0.15, -0.1) is 0 Å². The Hall–Kier alpha value is -1.48. The molecule has 3 N–H and O–H groups in total. The zero-order valence-corrected chi connectivity index (χ0v) is 10.6. The number of nitrogens with one attached hydrogen (secondary N) is 1. The summed E-state index contributed by atoms with van der Waals surface area (Å²) in [6, 6.07) is 1.20. The van der Waals surface area contributed by atoms with Gasteiger partial charge in [-0.1, -0.05) is 13.8 Å². The predicted molar refractivity (Wildman–Crippen MR) is 63.3 cm³/mol. The summed E-state index contributed by atoms with van der Waals surface area (Å²) in [5, 5.41) is 18.3. The quantitative estimate of drug-likeness (QED) is 0.505. The molecule has 0 amide bonds. The van der Waals surface area contributed by atoms with Crippen LogP contribution in [0.1, 0.15) is 20.1 Å². The van der Waals surface area contributed by atoms with Gasteiger partial charge in [0.2, 0.25) is 5.79 Å². The van der Waals surface area contributed by atoms with Gasteiger partial charge in [-0.05, 0) is 0 Å². The maximum Gasteiger partial charge on any atom is 0.330 e. The molecule has 8 nitrogen and oxygen atoms in total. The predicted octanol–water partition coefficient (Wildman–Crippen LogP) is -0.484. The van der Waals surface area contributed by atoms with Crippen LogP contribution < -0.4 is 11.2 Å². The molecular weight excluding hydrogens is 256 g/mol. The Kier molecular flexibility index (Phi) is 3.59. The molecule has 1 saturated heterocycles. The highest BCUT2D eigenvalue weighted by Gasteiger charge is 2.53. The number of aliphatic hydroxyl groups is 1. The van der Waals surface area contributed by atoms with Crippen LogP contribution in [-0.4, -0.2) is 32.3 Å². The minimum absolute atomic E-state index is 0.220. The number of aromatic nitrogens is 2. The van der Waals surface area contributed by atoms with Crippen LogP contribution in [0, 0.1) is 11.8 Å². The summed E-state index contributed by atoms with van der Waals surface area (Å²) >= 11 is 0. The highest BCUT2D eigenvalue weighted by atomic mass is 17.1. The van der Waals surface area contributed by atoms with E-state index < -0.39 is 29.9 Å². The zero-order valence-electron chi connectivity index (χ0n) is 10.6. The van der Waals surface area contributed by atoms with Crippen molar-refractivity contribution in [3.8, 4) is 0 Å². The summed E-state index contributed by atoms with van der Waals surface area (Å²) in [5.74, 6) is -2.14. The van der Waals surface area contributed by atoms with E-state index in [0.29, 0.717) is 0 Å². The van der Waals surface area contributed by atoms with Crippen LogP contribution in [0.3, 0.4) is 0 Å². The second-order valence-electron chi connectivity index (χ2n) is 4.73. The molecule has 106 valence electrons. The molecule has 0 aromatic carbocycles. The van der Waals surface area contributed by atoms with E-state index in [9.17, 15) is 14.7 Å². The summed E-state index contributed by atoms with van der Waals surface area (Å²) in [7, 11) is 0. The number of hydrogen-bond acceptors (Lipinski definition) is 6. The first-order valence-corrected chi connectivity index (χ1v) is 5.88. The minimum atomic E-state index is -1.57. The lowest BCUT2D eigenvalue weighted by atomic mass is 9.90. The maximum atomic E-state index is 11.7. The normalized spacial score (nSPS) is 34.6. The lowest BCUT2D eigenvalue weighted by Gasteiger charge is -2.27. The molecule has 1 aromatic heterocycles. The SMILES string of the molecule is C[C@H]1[C@H](n2ccc(=O)[nH]c2=O)O[C@@](CO)(OO)[C@H]1C. The van der Waals surface area contributed by atoms with Crippen molar-refractivity contribution in [2.24, 2.45) is 11.8 Å². The van der Waals surface area contributed by atoms with Gasteiger partial charge in [-0.2, -0.15) is 0 Å². The fourth-order valence-electron chi connectivity index (χ4n) is 2.32. The number of hydrogen-bond donors (Lipinski definition) is 3. The molecule has 1 aromatic rings. The molecule has 1 aliphatic rings. The molecule has 8 heteroatoms. The third-order valence-electron chi connectivity index (χ3n) is 3.75. The van der Waals surface area contributed by atoms with Gasteiger partial charge in [0.05, 0.1) is 0 Å². The van der Waals surface area contributed by atoms with Crippen molar-refractivity contribution in [2.75, 3.05) is 6.61 Å². The summed E-state index contributed by atoms with van der Waals surface area (Å²) in [4.78, 5) is 29.2. The van der Waals surface area contributed by atoms with E-state index in [4.69, 9.17) is 9.99 Å². The Labute approximate surface area is 108 Å². The molecular formula is C11H16N2O6. The van der Waals surface area contributed by atoms with E-state index in [1.807, 2.05) is 0 Å². The fraction of sp³-hybridized carbons (Fsp3) is 0.636. The van der Waals surface area contributed by atoms with Gasteiger partial charge in [0, 0.05) is 24.1 Å². The molecule has 0 aliphatic carbocycles. The Morgan fingerprint density at radius 1 is 1.53 bits per heavy atom. The van der Waals surface area contributed by atoms with Gasteiger partial charge in [0.25, 0.3) is 5.56 Å². The molecule has 1 fully saturated rings. The summed E-state index contributed by atoms with van der Waals surface area (Å²) in [6.07, 6.45) is 0.554. The van der Waals surface area contributed by atoms with Crippen LogP contribution in [0.5, 0.6) is 0 Å². The Bertz CT molecular complexity index is 561. The van der Waals surface area contributed by atoms with Crippen LogP contribution >= 0.6 is 0 Å². The van der Waals surface area contributed by atoms with Gasteiger partial charge < -0.3 is 9.84 Å². The number of rotatable bonds is 3. The van der Waals surface area contributed by atoms with E-state index in [1.54, 1.807) is 13.8 Å². The molecule has 2 rings (SSSR count). The average Bonchev–Trinajstić information content (AvgIpc) is 2.64. The van der Waals surface area contributed by atoms with Crippen molar-refractivity contribution in [1.29, 1.82) is 0 Å². The van der Waals surface area contributed by atoms with Crippen molar-refractivity contribution in [3.05, 3.63) is 33.1 Å². The third-order valence-corrected chi connectivity index (χ3v) is 3.75. The maximum absolute atomic E-state index is 11.7. The van der Waals surface area contributed by atoms with E-state index in [-0.39, 0.29) is 11.8 Å². The highest BCUT2D eigenvalue weighted by molar-refractivity contribution is 4.93. The Morgan fingerprint density at radius 3 is 2.68 bits per heavy atom. The first kappa shape index (κ1) is 13.9. The molecule has 0 radical (unpaired) electrons. The molecule has 1 aliphatic heterocycles. The average molecular weight is 272 g/mol. The van der Waals surface area contributed by atoms with E-state index >= 15 is 0 Å². The van der Waals surface area contributed by atoms with Gasteiger partial charge in [0.15, 0.2) is 0 Å².